The molecule has 0 saturated heterocycles. The molecule has 0 aliphatic heterocycles. The SMILES string of the molecule is Fc1ccc(CNc2ccccc2OCc2ccccc2)cc1. The van der Waals surface area contributed by atoms with Crippen LogP contribution in [0.1, 0.15) is 11.1 Å². The van der Waals surface area contributed by atoms with Gasteiger partial charge in [-0.3, -0.25) is 0 Å². The maximum atomic E-state index is 12.9. The Kier molecular flexibility index (Phi) is 4.89. The number of hydrogen-bond acceptors (Lipinski definition) is 2. The minimum atomic E-state index is -0.222. The normalized spacial score (nSPS) is 10.3. The first-order valence-corrected chi connectivity index (χ1v) is 7.55. The molecule has 0 aromatic heterocycles. The van der Waals surface area contributed by atoms with E-state index in [0.29, 0.717) is 13.2 Å². The molecule has 0 saturated carbocycles. The van der Waals surface area contributed by atoms with E-state index in [1.165, 1.54) is 12.1 Å². The Morgan fingerprint density at radius 3 is 2.22 bits per heavy atom. The van der Waals surface area contributed by atoms with Crippen molar-refractivity contribution >= 4 is 5.69 Å². The zero-order chi connectivity index (χ0) is 15.9. The van der Waals surface area contributed by atoms with E-state index in [4.69, 9.17) is 4.74 Å². The molecule has 3 aromatic carbocycles. The third kappa shape index (κ3) is 4.33. The molecule has 0 atom stereocenters. The average Bonchev–Trinajstić information content (AvgIpc) is 2.61. The fourth-order valence-electron chi connectivity index (χ4n) is 2.27. The summed E-state index contributed by atoms with van der Waals surface area (Å²) in [5, 5.41) is 3.34. The summed E-state index contributed by atoms with van der Waals surface area (Å²) in [6.45, 7) is 1.14. The molecule has 1 N–H and O–H groups in total. The van der Waals surface area contributed by atoms with Gasteiger partial charge in [0.05, 0.1) is 5.69 Å². The van der Waals surface area contributed by atoms with Crippen LogP contribution in [0.15, 0.2) is 78.9 Å². The van der Waals surface area contributed by atoms with Crippen molar-refractivity contribution in [2.45, 2.75) is 13.2 Å². The van der Waals surface area contributed by atoms with Gasteiger partial charge in [-0.2, -0.15) is 0 Å². The van der Waals surface area contributed by atoms with Gasteiger partial charge >= 0.3 is 0 Å². The van der Waals surface area contributed by atoms with E-state index in [1.807, 2.05) is 54.6 Å². The van der Waals surface area contributed by atoms with Crippen molar-refractivity contribution in [2.75, 3.05) is 5.32 Å². The highest BCUT2D eigenvalue weighted by atomic mass is 19.1. The molecule has 3 heteroatoms. The van der Waals surface area contributed by atoms with Crippen molar-refractivity contribution in [1.29, 1.82) is 0 Å². The number of benzene rings is 3. The molecule has 0 heterocycles. The van der Waals surface area contributed by atoms with E-state index in [1.54, 1.807) is 12.1 Å². The lowest BCUT2D eigenvalue weighted by Crippen LogP contribution is -2.03. The van der Waals surface area contributed by atoms with E-state index in [0.717, 1.165) is 22.6 Å². The first kappa shape index (κ1) is 15.1. The first-order chi connectivity index (χ1) is 11.3. The number of halogens is 1. The van der Waals surface area contributed by atoms with Gasteiger partial charge in [0, 0.05) is 6.54 Å². The largest absolute Gasteiger partial charge is 0.487 e. The highest BCUT2D eigenvalue weighted by Crippen LogP contribution is 2.25. The van der Waals surface area contributed by atoms with E-state index in [2.05, 4.69) is 5.32 Å². The summed E-state index contributed by atoms with van der Waals surface area (Å²) in [7, 11) is 0. The number of ether oxygens (including phenoxy) is 1. The summed E-state index contributed by atoms with van der Waals surface area (Å²) in [5.74, 6) is 0.582. The van der Waals surface area contributed by atoms with Crippen molar-refractivity contribution in [3.05, 3.63) is 95.8 Å². The van der Waals surface area contributed by atoms with Gasteiger partial charge < -0.3 is 10.1 Å². The highest BCUT2D eigenvalue weighted by molar-refractivity contribution is 5.56. The molecule has 3 rings (SSSR count). The highest BCUT2D eigenvalue weighted by Gasteiger charge is 2.03. The summed E-state index contributed by atoms with van der Waals surface area (Å²) in [4.78, 5) is 0. The van der Waals surface area contributed by atoms with Gasteiger partial charge in [-0.25, -0.2) is 4.39 Å². The van der Waals surface area contributed by atoms with Crippen molar-refractivity contribution < 1.29 is 9.13 Å². The second-order valence-electron chi connectivity index (χ2n) is 5.25. The Labute approximate surface area is 135 Å². The number of nitrogens with one attached hydrogen (secondary N) is 1. The predicted octanol–water partition coefficient (Wildman–Crippen LogP) is 5.02. The second-order valence-corrected chi connectivity index (χ2v) is 5.25. The van der Waals surface area contributed by atoms with Crippen LogP contribution >= 0.6 is 0 Å². The topological polar surface area (TPSA) is 21.3 Å². The van der Waals surface area contributed by atoms with Gasteiger partial charge in [-0.05, 0) is 35.4 Å². The quantitative estimate of drug-likeness (QED) is 0.690. The van der Waals surface area contributed by atoms with E-state index in [-0.39, 0.29) is 5.82 Å². The molecule has 0 unspecified atom stereocenters. The second kappa shape index (κ2) is 7.45. The molecule has 0 aliphatic carbocycles. The first-order valence-electron chi connectivity index (χ1n) is 7.55. The van der Waals surface area contributed by atoms with Gasteiger partial charge in [-0.1, -0.05) is 54.6 Å². The molecule has 0 amide bonds. The van der Waals surface area contributed by atoms with Crippen LogP contribution in [0, 0.1) is 5.82 Å². The van der Waals surface area contributed by atoms with Crippen LogP contribution in [0.4, 0.5) is 10.1 Å². The van der Waals surface area contributed by atoms with Crippen LogP contribution in [-0.4, -0.2) is 0 Å². The van der Waals surface area contributed by atoms with Crippen LogP contribution in [0.25, 0.3) is 0 Å². The number of anilines is 1. The Morgan fingerprint density at radius 2 is 1.43 bits per heavy atom. The summed E-state index contributed by atoms with van der Waals surface area (Å²) >= 11 is 0. The molecule has 116 valence electrons. The Bertz CT molecular complexity index is 741. The molecule has 0 aliphatic rings. The lowest BCUT2D eigenvalue weighted by atomic mass is 10.2. The molecule has 23 heavy (non-hydrogen) atoms. The zero-order valence-electron chi connectivity index (χ0n) is 12.7. The van der Waals surface area contributed by atoms with Crippen molar-refractivity contribution in [3.63, 3.8) is 0 Å². The third-order valence-corrected chi connectivity index (χ3v) is 3.52. The van der Waals surface area contributed by atoms with Crippen molar-refractivity contribution in [3.8, 4) is 5.75 Å². The van der Waals surface area contributed by atoms with Crippen LogP contribution in [0.3, 0.4) is 0 Å². The van der Waals surface area contributed by atoms with Gasteiger partial charge in [0.1, 0.15) is 18.2 Å². The summed E-state index contributed by atoms with van der Waals surface area (Å²) in [5.41, 5.74) is 3.07. The van der Waals surface area contributed by atoms with Crippen LogP contribution in [-0.2, 0) is 13.2 Å². The predicted molar refractivity (Wildman–Crippen MR) is 90.9 cm³/mol. The maximum absolute atomic E-state index is 12.9. The Morgan fingerprint density at radius 1 is 0.739 bits per heavy atom. The molecule has 0 spiro atoms. The summed E-state index contributed by atoms with van der Waals surface area (Å²) in [6, 6.07) is 24.4. The Hall–Kier alpha value is -2.81. The van der Waals surface area contributed by atoms with Crippen molar-refractivity contribution in [1.82, 2.24) is 0 Å². The Balaban J connectivity index is 1.64. The zero-order valence-corrected chi connectivity index (χ0v) is 12.7. The van der Waals surface area contributed by atoms with Crippen LogP contribution in [0.5, 0.6) is 5.75 Å². The molecule has 0 bridgehead atoms. The summed E-state index contributed by atoms with van der Waals surface area (Å²) < 4.78 is 18.8. The van der Waals surface area contributed by atoms with Gasteiger partial charge in [-0.15, -0.1) is 0 Å². The van der Waals surface area contributed by atoms with Gasteiger partial charge in [0.25, 0.3) is 0 Å². The fourth-order valence-corrected chi connectivity index (χ4v) is 2.27. The molecular formula is C20H18FNO. The molecule has 3 aromatic rings. The maximum Gasteiger partial charge on any atom is 0.142 e. The van der Waals surface area contributed by atoms with E-state index < -0.39 is 0 Å². The number of para-hydroxylation sites is 2. The van der Waals surface area contributed by atoms with Crippen LogP contribution < -0.4 is 10.1 Å². The monoisotopic (exact) mass is 307 g/mol. The molecule has 2 nitrogen and oxygen atoms in total. The number of hydrogen-bond donors (Lipinski definition) is 1. The fraction of sp³-hybridized carbons (Fsp3) is 0.100. The van der Waals surface area contributed by atoms with Gasteiger partial charge in [0.2, 0.25) is 0 Å². The lowest BCUT2D eigenvalue weighted by Gasteiger charge is -2.13. The van der Waals surface area contributed by atoms with E-state index in [9.17, 15) is 4.39 Å². The molecule has 0 radical (unpaired) electrons. The minimum absolute atomic E-state index is 0.222. The smallest absolute Gasteiger partial charge is 0.142 e. The van der Waals surface area contributed by atoms with Gasteiger partial charge in [0.15, 0.2) is 0 Å². The molecule has 0 fully saturated rings. The van der Waals surface area contributed by atoms with Crippen molar-refractivity contribution in [2.24, 2.45) is 0 Å². The van der Waals surface area contributed by atoms with Crippen LogP contribution in [0.2, 0.25) is 0 Å². The third-order valence-electron chi connectivity index (χ3n) is 3.52. The molecular weight excluding hydrogens is 289 g/mol. The summed E-state index contributed by atoms with van der Waals surface area (Å²) in [6.07, 6.45) is 0. The lowest BCUT2D eigenvalue weighted by molar-refractivity contribution is 0.307. The minimum Gasteiger partial charge on any atom is -0.487 e. The van der Waals surface area contributed by atoms with E-state index >= 15 is 0 Å². The standard InChI is InChI=1S/C20H18FNO/c21-18-12-10-16(11-13-18)14-22-19-8-4-5-9-20(19)23-15-17-6-2-1-3-7-17/h1-13,22H,14-15H2. The average molecular weight is 307 g/mol. The number of rotatable bonds is 6.